The SMILES string of the molecule is CCC(NC(=O)NCC(C)(C)c1cccs1)C(=O)O. The van der Waals surface area contributed by atoms with Crippen molar-refractivity contribution in [2.75, 3.05) is 6.54 Å². The fourth-order valence-electron chi connectivity index (χ4n) is 1.60. The van der Waals surface area contributed by atoms with Gasteiger partial charge in [-0.1, -0.05) is 26.8 Å². The van der Waals surface area contributed by atoms with Crippen LogP contribution in [-0.4, -0.2) is 29.7 Å². The molecule has 1 atom stereocenters. The lowest BCUT2D eigenvalue weighted by Gasteiger charge is -2.24. The molecule has 1 rings (SSSR count). The van der Waals surface area contributed by atoms with Crippen molar-refractivity contribution >= 4 is 23.3 Å². The molecule has 3 N–H and O–H groups in total. The summed E-state index contributed by atoms with van der Waals surface area (Å²) < 4.78 is 0. The van der Waals surface area contributed by atoms with Crippen molar-refractivity contribution in [1.29, 1.82) is 0 Å². The predicted octanol–water partition coefficient (Wildman–Crippen LogP) is 2.19. The summed E-state index contributed by atoms with van der Waals surface area (Å²) in [6.07, 6.45) is 0.358. The number of thiophene rings is 1. The second-order valence-corrected chi connectivity index (χ2v) is 5.93. The smallest absolute Gasteiger partial charge is 0.326 e. The van der Waals surface area contributed by atoms with E-state index in [4.69, 9.17) is 5.11 Å². The molecule has 0 saturated carbocycles. The highest BCUT2D eigenvalue weighted by Gasteiger charge is 2.23. The number of nitrogens with one attached hydrogen (secondary N) is 2. The van der Waals surface area contributed by atoms with Gasteiger partial charge in [0.2, 0.25) is 0 Å². The second kappa shape index (κ2) is 6.56. The topological polar surface area (TPSA) is 78.4 Å². The molecule has 0 aliphatic heterocycles. The van der Waals surface area contributed by atoms with Gasteiger partial charge in [-0.15, -0.1) is 11.3 Å². The van der Waals surface area contributed by atoms with Crippen molar-refractivity contribution in [2.45, 2.75) is 38.6 Å². The molecule has 0 bridgehead atoms. The van der Waals surface area contributed by atoms with Crippen LogP contribution in [0.15, 0.2) is 17.5 Å². The van der Waals surface area contributed by atoms with Crippen LogP contribution in [0.4, 0.5) is 4.79 Å². The van der Waals surface area contributed by atoms with Gasteiger partial charge in [-0.25, -0.2) is 9.59 Å². The van der Waals surface area contributed by atoms with Crippen LogP contribution in [0.5, 0.6) is 0 Å². The number of amides is 2. The Morgan fingerprint density at radius 2 is 2.16 bits per heavy atom. The number of rotatable bonds is 6. The van der Waals surface area contributed by atoms with Crippen molar-refractivity contribution in [3.05, 3.63) is 22.4 Å². The molecule has 19 heavy (non-hydrogen) atoms. The Morgan fingerprint density at radius 3 is 2.63 bits per heavy atom. The maximum Gasteiger partial charge on any atom is 0.326 e. The lowest BCUT2D eigenvalue weighted by molar-refractivity contribution is -0.139. The van der Waals surface area contributed by atoms with Gasteiger partial charge in [-0.05, 0) is 17.9 Å². The number of carboxylic acid groups (broad SMARTS) is 1. The highest BCUT2D eigenvalue weighted by Crippen LogP contribution is 2.26. The molecule has 2 amide bonds. The van der Waals surface area contributed by atoms with Crippen LogP contribution in [-0.2, 0) is 10.2 Å². The predicted molar refractivity (Wildman–Crippen MR) is 75.6 cm³/mol. The van der Waals surface area contributed by atoms with Crippen molar-refractivity contribution in [3.63, 3.8) is 0 Å². The maximum absolute atomic E-state index is 11.7. The Bertz CT molecular complexity index is 429. The van der Waals surface area contributed by atoms with Gasteiger partial charge in [0.15, 0.2) is 0 Å². The number of hydrogen-bond acceptors (Lipinski definition) is 3. The van der Waals surface area contributed by atoms with E-state index in [0.29, 0.717) is 13.0 Å². The number of aliphatic carboxylic acids is 1. The standard InChI is InChI=1S/C13H20N2O3S/c1-4-9(11(16)17)15-12(18)14-8-13(2,3)10-6-5-7-19-10/h5-7,9H,4,8H2,1-3H3,(H,16,17)(H2,14,15,18). The third-order valence-corrected chi connectivity index (χ3v) is 4.13. The molecule has 1 aromatic heterocycles. The summed E-state index contributed by atoms with van der Waals surface area (Å²) in [5, 5.41) is 16.0. The van der Waals surface area contributed by atoms with Crippen LogP contribution < -0.4 is 10.6 Å². The number of carbonyl (C=O) groups is 2. The van der Waals surface area contributed by atoms with Crippen molar-refractivity contribution < 1.29 is 14.7 Å². The first-order valence-corrected chi connectivity index (χ1v) is 7.06. The van der Waals surface area contributed by atoms with Crippen LogP contribution >= 0.6 is 11.3 Å². The fraction of sp³-hybridized carbons (Fsp3) is 0.538. The molecule has 1 aromatic rings. The van der Waals surface area contributed by atoms with Crippen LogP contribution in [0.2, 0.25) is 0 Å². The quantitative estimate of drug-likeness (QED) is 0.749. The summed E-state index contributed by atoms with van der Waals surface area (Å²) in [5.41, 5.74) is -0.170. The average molecular weight is 284 g/mol. The zero-order valence-corrected chi connectivity index (χ0v) is 12.2. The monoisotopic (exact) mass is 284 g/mol. The molecular formula is C13H20N2O3S. The van der Waals surface area contributed by atoms with E-state index in [0.717, 1.165) is 0 Å². The van der Waals surface area contributed by atoms with Crippen LogP contribution in [0.1, 0.15) is 32.1 Å². The summed E-state index contributed by atoms with van der Waals surface area (Å²) in [4.78, 5) is 23.6. The molecule has 5 nitrogen and oxygen atoms in total. The molecule has 0 saturated heterocycles. The van der Waals surface area contributed by atoms with Gasteiger partial charge in [0.1, 0.15) is 6.04 Å². The van der Waals surface area contributed by atoms with Gasteiger partial charge in [-0.3, -0.25) is 0 Å². The Balaban J connectivity index is 2.48. The largest absolute Gasteiger partial charge is 0.480 e. The highest BCUT2D eigenvalue weighted by atomic mass is 32.1. The summed E-state index contributed by atoms with van der Waals surface area (Å²) in [7, 11) is 0. The van der Waals surface area contributed by atoms with E-state index in [2.05, 4.69) is 10.6 Å². The minimum atomic E-state index is -1.02. The maximum atomic E-state index is 11.7. The third-order valence-electron chi connectivity index (χ3n) is 2.89. The summed E-state index contributed by atoms with van der Waals surface area (Å²) in [6, 6.07) is 2.71. The first-order chi connectivity index (χ1) is 8.86. The molecule has 1 heterocycles. The number of carboxylic acids is 1. The minimum absolute atomic E-state index is 0.170. The summed E-state index contributed by atoms with van der Waals surface area (Å²) in [6.45, 7) is 6.24. The van der Waals surface area contributed by atoms with Gasteiger partial charge in [0, 0.05) is 16.8 Å². The molecule has 0 aliphatic carbocycles. The average Bonchev–Trinajstić information content (AvgIpc) is 2.87. The van der Waals surface area contributed by atoms with Crippen molar-refractivity contribution in [1.82, 2.24) is 10.6 Å². The van der Waals surface area contributed by atoms with E-state index in [1.165, 1.54) is 4.88 Å². The second-order valence-electron chi connectivity index (χ2n) is 4.99. The molecule has 0 aliphatic rings. The van der Waals surface area contributed by atoms with E-state index in [-0.39, 0.29) is 5.41 Å². The number of carbonyl (C=O) groups excluding carboxylic acids is 1. The van der Waals surface area contributed by atoms with E-state index in [1.807, 2.05) is 31.4 Å². The summed E-state index contributed by atoms with van der Waals surface area (Å²) in [5.74, 6) is -1.02. The number of hydrogen-bond donors (Lipinski definition) is 3. The van der Waals surface area contributed by atoms with Crippen LogP contribution in [0.25, 0.3) is 0 Å². The molecule has 0 aromatic carbocycles. The lowest BCUT2D eigenvalue weighted by atomic mass is 9.91. The molecule has 0 radical (unpaired) electrons. The zero-order valence-electron chi connectivity index (χ0n) is 11.4. The first-order valence-electron chi connectivity index (χ1n) is 6.18. The highest BCUT2D eigenvalue weighted by molar-refractivity contribution is 7.10. The van der Waals surface area contributed by atoms with Crippen molar-refractivity contribution in [3.8, 4) is 0 Å². The van der Waals surface area contributed by atoms with E-state index in [1.54, 1.807) is 18.3 Å². The Kier molecular flexibility index (Phi) is 5.35. The third kappa shape index (κ3) is 4.55. The zero-order chi connectivity index (χ0) is 14.5. The fourth-order valence-corrected chi connectivity index (χ4v) is 2.45. The van der Waals surface area contributed by atoms with Crippen LogP contribution in [0.3, 0.4) is 0 Å². The lowest BCUT2D eigenvalue weighted by Crippen LogP contribution is -2.48. The molecule has 106 valence electrons. The number of urea groups is 1. The van der Waals surface area contributed by atoms with Gasteiger partial charge in [-0.2, -0.15) is 0 Å². The molecule has 6 heteroatoms. The van der Waals surface area contributed by atoms with E-state index < -0.39 is 18.0 Å². The van der Waals surface area contributed by atoms with Crippen LogP contribution in [0, 0.1) is 0 Å². The van der Waals surface area contributed by atoms with Gasteiger partial charge in [0.05, 0.1) is 0 Å². The van der Waals surface area contributed by atoms with Crippen molar-refractivity contribution in [2.24, 2.45) is 0 Å². The van der Waals surface area contributed by atoms with Gasteiger partial charge in [0.25, 0.3) is 0 Å². The van der Waals surface area contributed by atoms with Gasteiger partial charge >= 0.3 is 12.0 Å². The summed E-state index contributed by atoms with van der Waals surface area (Å²) >= 11 is 1.64. The molecular weight excluding hydrogens is 264 g/mol. The Labute approximate surface area is 117 Å². The molecule has 1 unspecified atom stereocenters. The van der Waals surface area contributed by atoms with E-state index >= 15 is 0 Å². The van der Waals surface area contributed by atoms with Gasteiger partial charge < -0.3 is 15.7 Å². The Morgan fingerprint density at radius 1 is 1.47 bits per heavy atom. The molecule has 0 spiro atoms. The normalized spacial score (nSPS) is 12.8. The molecule has 0 fully saturated rings. The van der Waals surface area contributed by atoms with E-state index in [9.17, 15) is 9.59 Å². The first kappa shape index (κ1) is 15.5. The Hall–Kier alpha value is -1.56. The minimum Gasteiger partial charge on any atom is -0.480 e.